The van der Waals surface area contributed by atoms with Crippen LogP contribution in [0.25, 0.3) is 0 Å². The maximum atomic E-state index is 12.2. The number of aliphatic carboxylic acids is 1. The second-order valence-electron chi connectivity index (χ2n) is 5.51. The molecule has 0 fully saturated rings. The fourth-order valence-electron chi connectivity index (χ4n) is 2.17. The molecule has 132 valence electrons. The van der Waals surface area contributed by atoms with E-state index in [0.29, 0.717) is 19.4 Å². The number of carboxylic acids is 1. The first-order valence-corrected chi connectivity index (χ1v) is 7.84. The average Bonchev–Trinajstić information content (AvgIpc) is 2.55. The van der Waals surface area contributed by atoms with Crippen LogP contribution >= 0.6 is 0 Å². The zero-order valence-corrected chi connectivity index (χ0v) is 13.9. The van der Waals surface area contributed by atoms with Crippen molar-refractivity contribution in [3.8, 4) is 0 Å². The van der Waals surface area contributed by atoms with Crippen molar-refractivity contribution in [3.05, 3.63) is 34.4 Å². The van der Waals surface area contributed by atoms with Crippen molar-refractivity contribution in [2.75, 3.05) is 18.4 Å². The van der Waals surface area contributed by atoms with Gasteiger partial charge < -0.3 is 15.3 Å². The van der Waals surface area contributed by atoms with Gasteiger partial charge in [0.05, 0.1) is 4.92 Å². The first-order chi connectivity index (χ1) is 11.3. The zero-order valence-electron chi connectivity index (χ0n) is 13.9. The van der Waals surface area contributed by atoms with Crippen molar-refractivity contribution >= 4 is 23.3 Å². The van der Waals surface area contributed by atoms with Crippen LogP contribution in [0, 0.1) is 10.1 Å². The lowest BCUT2D eigenvalue weighted by Crippen LogP contribution is -2.41. The summed E-state index contributed by atoms with van der Waals surface area (Å²) in [5.74, 6) is -1.20. The Kier molecular flexibility index (Phi) is 7.67. The normalized spacial score (nSPS) is 11.6. The molecule has 1 rings (SSSR count). The number of hydrogen-bond donors (Lipinski definition) is 2. The van der Waals surface area contributed by atoms with Crippen molar-refractivity contribution < 1.29 is 19.6 Å². The van der Waals surface area contributed by atoms with E-state index >= 15 is 0 Å². The molecule has 0 radical (unpaired) electrons. The Hall–Kier alpha value is -2.64. The maximum absolute atomic E-state index is 12.2. The molecule has 1 unspecified atom stereocenters. The number of non-ortho nitro benzene ring substituents is 1. The monoisotopic (exact) mass is 337 g/mol. The third-order valence-electron chi connectivity index (χ3n) is 3.72. The predicted octanol–water partition coefficient (Wildman–Crippen LogP) is 2.50. The van der Waals surface area contributed by atoms with Gasteiger partial charge in [-0.25, -0.2) is 0 Å². The highest BCUT2D eigenvalue weighted by Gasteiger charge is 2.20. The van der Waals surface area contributed by atoms with Gasteiger partial charge in [0.15, 0.2) is 0 Å². The number of nitro benzene ring substituents is 1. The van der Waals surface area contributed by atoms with Crippen LogP contribution in [0.3, 0.4) is 0 Å². The van der Waals surface area contributed by atoms with Gasteiger partial charge in [0, 0.05) is 36.8 Å². The van der Waals surface area contributed by atoms with Crippen LogP contribution in [0.5, 0.6) is 0 Å². The Bertz CT molecular complexity index is 574. The molecule has 0 saturated heterocycles. The molecule has 0 spiro atoms. The Morgan fingerprint density at radius 3 is 2.46 bits per heavy atom. The molecule has 0 aliphatic rings. The summed E-state index contributed by atoms with van der Waals surface area (Å²) < 4.78 is 0. The van der Waals surface area contributed by atoms with Crippen LogP contribution in [-0.4, -0.2) is 45.9 Å². The number of carboxylic acid groups (broad SMARTS) is 1. The summed E-state index contributed by atoms with van der Waals surface area (Å²) in [4.78, 5) is 34.5. The van der Waals surface area contributed by atoms with Crippen LogP contribution in [0.15, 0.2) is 24.3 Å². The number of nitrogens with zero attached hydrogens (tertiary/aromatic N) is 2. The molecule has 1 atom stereocenters. The summed E-state index contributed by atoms with van der Waals surface area (Å²) >= 11 is 0. The van der Waals surface area contributed by atoms with Crippen molar-refractivity contribution in [2.45, 2.75) is 39.2 Å². The highest BCUT2D eigenvalue weighted by molar-refractivity contribution is 5.81. The van der Waals surface area contributed by atoms with Crippen LogP contribution < -0.4 is 5.32 Å². The lowest BCUT2D eigenvalue weighted by atomic mass is 10.2. The maximum Gasteiger partial charge on any atom is 0.323 e. The van der Waals surface area contributed by atoms with Gasteiger partial charge in [-0.15, -0.1) is 0 Å². The van der Waals surface area contributed by atoms with Gasteiger partial charge in [0.2, 0.25) is 5.91 Å². The number of amides is 1. The molecular weight excluding hydrogens is 314 g/mol. The minimum Gasteiger partial charge on any atom is -0.480 e. The highest BCUT2D eigenvalue weighted by atomic mass is 16.6. The van der Waals surface area contributed by atoms with Crippen molar-refractivity contribution in [1.29, 1.82) is 0 Å². The lowest BCUT2D eigenvalue weighted by molar-refractivity contribution is -0.384. The third-order valence-corrected chi connectivity index (χ3v) is 3.72. The Morgan fingerprint density at radius 1 is 1.33 bits per heavy atom. The second kappa shape index (κ2) is 9.49. The number of hydrogen-bond acceptors (Lipinski definition) is 5. The molecule has 0 saturated carbocycles. The van der Waals surface area contributed by atoms with Gasteiger partial charge in [0.1, 0.15) is 6.54 Å². The van der Waals surface area contributed by atoms with E-state index in [1.807, 2.05) is 13.8 Å². The number of carbonyl (C=O) groups is 2. The Morgan fingerprint density at radius 2 is 1.96 bits per heavy atom. The summed E-state index contributed by atoms with van der Waals surface area (Å²) in [5.41, 5.74) is 0.756. The average molecular weight is 337 g/mol. The number of rotatable bonds is 10. The topological polar surface area (TPSA) is 113 Å². The summed E-state index contributed by atoms with van der Waals surface area (Å²) in [6.07, 6.45) is 1.49. The highest BCUT2D eigenvalue weighted by Crippen LogP contribution is 2.15. The van der Waals surface area contributed by atoms with E-state index in [-0.39, 0.29) is 30.6 Å². The molecule has 1 aromatic rings. The Balaban J connectivity index is 2.43. The van der Waals surface area contributed by atoms with E-state index < -0.39 is 10.9 Å². The molecule has 24 heavy (non-hydrogen) atoms. The molecule has 2 N–H and O–H groups in total. The van der Waals surface area contributed by atoms with Crippen LogP contribution in [-0.2, 0) is 9.59 Å². The molecule has 8 nitrogen and oxygen atoms in total. The standard InChI is InChI=1S/C16H23N3O5/c1-3-12(2)18(11-16(21)22)15(20)5-4-10-17-13-6-8-14(9-7-13)19(23)24/h6-9,12,17H,3-5,10-11H2,1-2H3,(H,21,22). The molecule has 0 aliphatic heterocycles. The van der Waals surface area contributed by atoms with Crippen molar-refractivity contribution in [2.24, 2.45) is 0 Å². The van der Waals surface area contributed by atoms with E-state index in [1.165, 1.54) is 17.0 Å². The molecule has 8 heteroatoms. The SMILES string of the molecule is CCC(C)N(CC(=O)O)C(=O)CCCNc1ccc([N+](=O)[O-])cc1. The summed E-state index contributed by atoms with van der Waals surface area (Å²) in [6, 6.07) is 5.91. The van der Waals surface area contributed by atoms with Crippen molar-refractivity contribution in [3.63, 3.8) is 0 Å². The molecule has 1 aromatic carbocycles. The molecule has 0 aromatic heterocycles. The number of nitro groups is 1. The van der Waals surface area contributed by atoms with Gasteiger partial charge in [-0.1, -0.05) is 6.92 Å². The minimum absolute atomic E-state index is 0.0218. The number of anilines is 1. The van der Waals surface area contributed by atoms with E-state index in [2.05, 4.69) is 5.32 Å². The molecule has 1 amide bonds. The summed E-state index contributed by atoms with van der Waals surface area (Å²) in [6.45, 7) is 3.97. The number of nitrogens with one attached hydrogen (secondary N) is 1. The van der Waals surface area contributed by atoms with Crippen LogP contribution in [0.2, 0.25) is 0 Å². The molecule has 0 aliphatic carbocycles. The first-order valence-electron chi connectivity index (χ1n) is 7.84. The minimum atomic E-state index is -1.02. The smallest absolute Gasteiger partial charge is 0.323 e. The number of benzene rings is 1. The van der Waals surface area contributed by atoms with E-state index in [9.17, 15) is 19.7 Å². The zero-order chi connectivity index (χ0) is 18.1. The van der Waals surface area contributed by atoms with E-state index in [4.69, 9.17) is 5.11 Å². The van der Waals surface area contributed by atoms with E-state index in [1.54, 1.807) is 12.1 Å². The summed E-state index contributed by atoms with van der Waals surface area (Å²) in [7, 11) is 0. The first kappa shape index (κ1) is 19.4. The van der Waals surface area contributed by atoms with Gasteiger partial charge in [-0.2, -0.15) is 0 Å². The second-order valence-corrected chi connectivity index (χ2v) is 5.51. The van der Waals surface area contributed by atoms with Gasteiger partial charge >= 0.3 is 5.97 Å². The third kappa shape index (κ3) is 6.23. The fourth-order valence-corrected chi connectivity index (χ4v) is 2.17. The molecular formula is C16H23N3O5. The lowest BCUT2D eigenvalue weighted by Gasteiger charge is -2.27. The largest absolute Gasteiger partial charge is 0.480 e. The van der Waals surface area contributed by atoms with Gasteiger partial charge in [0.25, 0.3) is 5.69 Å². The molecule has 0 bridgehead atoms. The van der Waals surface area contributed by atoms with Crippen LogP contribution in [0.1, 0.15) is 33.1 Å². The van der Waals surface area contributed by atoms with Crippen LogP contribution in [0.4, 0.5) is 11.4 Å². The van der Waals surface area contributed by atoms with E-state index in [0.717, 1.165) is 5.69 Å². The van der Waals surface area contributed by atoms with Gasteiger partial charge in [-0.3, -0.25) is 19.7 Å². The van der Waals surface area contributed by atoms with Crippen molar-refractivity contribution in [1.82, 2.24) is 4.90 Å². The predicted molar refractivity (Wildman–Crippen MR) is 89.9 cm³/mol. The number of carbonyl (C=O) groups excluding carboxylic acids is 1. The quantitative estimate of drug-likeness (QED) is 0.385. The van der Waals surface area contributed by atoms with Gasteiger partial charge in [-0.05, 0) is 31.9 Å². The fraction of sp³-hybridized carbons (Fsp3) is 0.500. The Labute approximate surface area is 140 Å². The summed E-state index contributed by atoms with van der Waals surface area (Å²) in [5, 5.41) is 22.6. The molecule has 0 heterocycles.